The van der Waals surface area contributed by atoms with Gasteiger partial charge in [0.05, 0.1) is 6.61 Å². The monoisotopic (exact) mass is 265 g/mol. The molecule has 6 heteroatoms. The molecule has 1 aromatic heterocycles. The van der Waals surface area contributed by atoms with Crippen molar-refractivity contribution in [2.45, 2.75) is 32.2 Å². The molecule has 1 unspecified atom stereocenters. The predicted molar refractivity (Wildman–Crippen MR) is 77.5 cm³/mol. The van der Waals surface area contributed by atoms with Crippen molar-refractivity contribution in [1.82, 2.24) is 9.97 Å². The van der Waals surface area contributed by atoms with Crippen LogP contribution in [0.2, 0.25) is 0 Å². The second-order valence-corrected chi connectivity index (χ2v) is 4.92. The topological polar surface area (TPSA) is 76.3 Å². The summed E-state index contributed by atoms with van der Waals surface area (Å²) in [4.78, 5) is 10.8. The molecule has 0 saturated carbocycles. The summed E-state index contributed by atoms with van der Waals surface area (Å²) < 4.78 is 5.01. The Morgan fingerprint density at radius 3 is 3.05 bits per heavy atom. The van der Waals surface area contributed by atoms with Gasteiger partial charge < -0.3 is 20.7 Å². The average Bonchev–Trinajstić information content (AvgIpc) is 2.42. The Bertz CT molecular complexity index is 412. The summed E-state index contributed by atoms with van der Waals surface area (Å²) in [6, 6.07) is 0.484. The first-order valence-electron chi connectivity index (χ1n) is 6.84. The lowest BCUT2D eigenvalue weighted by Gasteiger charge is -2.35. The van der Waals surface area contributed by atoms with Gasteiger partial charge in [0, 0.05) is 26.2 Å². The number of methoxy groups -OCH3 is 1. The second kappa shape index (κ2) is 6.56. The Hall–Kier alpha value is -1.56. The largest absolute Gasteiger partial charge is 0.393 e. The molecule has 0 bridgehead atoms. The fourth-order valence-electron chi connectivity index (χ4n) is 2.44. The SMILES string of the molecule is COCCNc1ncnc(N2CCCCC2C)c1N. The van der Waals surface area contributed by atoms with E-state index in [0.29, 0.717) is 30.7 Å². The number of ether oxygens (including phenoxy) is 1. The van der Waals surface area contributed by atoms with Crippen LogP contribution in [0.5, 0.6) is 0 Å². The number of hydrogen-bond donors (Lipinski definition) is 2. The van der Waals surface area contributed by atoms with Gasteiger partial charge in [-0.3, -0.25) is 0 Å². The maximum Gasteiger partial charge on any atom is 0.157 e. The predicted octanol–water partition coefficient (Wildman–Crippen LogP) is 1.50. The van der Waals surface area contributed by atoms with E-state index in [4.69, 9.17) is 10.5 Å². The van der Waals surface area contributed by atoms with Gasteiger partial charge in [-0.15, -0.1) is 0 Å². The minimum atomic E-state index is 0.484. The van der Waals surface area contributed by atoms with Crippen molar-refractivity contribution in [2.24, 2.45) is 0 Å². The highest BCUT2D eigenvalue weighted by molar-refractivity contribution is 5.75. The zero-order chi connectivity index (χ0) is 13.7. The minimum Gasteiger partial charge on any atom is -0.393 e. The second-order valence-electron chi connectivity index (χ2n) is 4.92. The first-order valence-corrected chi connectivity index (χ1v) is 6.84. The molecule has 0 aliphatic carbocycles. The first-order chi connectivity index (χ1) is 9.24. The Balaban J connectivity index is 2.14. The number of nitrogens with zero attached hydrogens (tertiary/aromatic N) is 3. The highest BCUT2D eigenvalue weighted by Gasteiger charge is 2.22. The van der Waals surface area contributed by atoms with Crippen LogP contribution < -0.4 is 16.0 Å². The van der Waals surface area contributed by atoms with E-state index in [1.165, 1.54) is 19.3 Å². The van der Waals surface area contributed by atoms with Gasteiger partial charge in [0.1, 0.15) is 12.0 Å². The summed E-state index contributed by atoms with van der Waals surface area (Å²) in [5.41, 5.74) is 6.82. The number of nitrogens with two attached hydrogens (primary N) is 1. The quantitative estimate of drug-likeness (QED) is 0.786. The number of nitrogen functional groups attached to an aromatic ring is 1. The summed E-state index contributed by atoms with van der Waals surface area (Å²) in [7, 11) is 1.67. The van der Waals surface area contributed by atoms with E-state index >= 15 is 0 Å². The van der Waals surface area contributed by atoms with E-state index in [1.807, 2.05) is 0 Å². The third-order valence-corrected chi connectivity index (χ3v) is 3.54. The first kappa shape index (κ1) is 13.9. The summed E-state index contributed by atoms with van der Waals surface area (Å²) in [5.74, 6) is 1.54. The zero-order valence-corrected chi connectivity index (χ0v) is 11.7. The summed E-state index contributed by atoms with van der Waals surface area (Å²) in [6.07, 6.45) is 5.24. The van der Waals surface area contributed by atoms with E-state index in [1.54, 1.807) is 13.4 Å². The lowest BCUT2D eigenvalue weighted by Crippen LogP contribution is -2.38. The van der Waals surface area contributed by atoms with Crippen LogP contribution in [0, 0.1) is 0 Å². The van der Waals surface area contributed by atoms with E-state index in [0.717, 1.165) is 12.4 Å². The molecule has 19 heavy (non-hydrogen) atoms. The van der Waals surface area contributed by atoms with Crippen LogP contribution in [-0.4, -0.2) is 42.8 Å². The smallest absolute Gasteiger partial charge is 0.157 e. The summed E-state index contributed by atoms with van der Waals surface area (Å²) in [6.45, 7) is 4.55. The van der Waals surface area contributed by atoms with Crippen molar-refractivity contribution in [2.75, 3.05) is 42.8 Å². The maximum absolute atomic E-state index is 6.19. The van der Waals surface area contributed by atoms with Crippen molar-refractivity contribution in [3.63, 3.8) is 0 Å². The van der Waals surface area contributed by atoms with Crippen LogP contribution in [0.1, 0.15) is 26.2 Å². The number of rotatable bonds is 5. The van der Waals surface area contributed by atoms with Crippen LogP contribution in [-0.2, 0) is 4.74 Å². The van der Waals surface area contributed by atoms with Crippen LogP contribution >= 0.6 is 0 Å². The molecule has 1 atom stereocenters. The lowest BCUT2D eigenvalue weighted by molar-refractivity contribution is 0.210. The highest BCUT2D eigenvalue weighted by atomic mass is 16.5. The van der Waals surface area contributed by atoms with Crippen LogP contribution in [0.3, 0.4) is 0 Å². The fourth-order valence-corrected chi connectivity index (χ4v) is 2.44. The molecule has 0 aromatic carbocycles. The zero-order valence-electron chi connectivity index (χ0n) is 11.7. The van der Waals surface area contributed by atoms with Crippen LogP contribution in [0.15, 0.2) is 6.33 Å². The van der Waals surface area contributed by atoms with E-state index in [9.17, 15) is 0 Å². The Morgan fingerprint density at radius 2 is 2.32 bits per heavy atom. The molecule has 1 aliphatic rings. The molecule has 0 amide bonds. The van der Waals surface area contributed by atoms with Crippen molar-refractivity contribution in [1.29, 1.82) is 0 Å². The average molecular weight is 265 g/mol. The van der Waals surface area contributed by atoms with Gasteiger partial charge in [-0.05, 0) is 26.2 Å². The van der Waals surface area contributed by atoms with E-state index in [2.05, 4.69) is 27.1 Å². The van der Waals surface area contributed by atoms with Gasteiger partial charge >= 0.3 is 0 Å². The molecule has 2 rings (SSSR count). The fraction of sp³-hybridized carbons (Fsp3) is 0.692. The number of hydrogen-bond acceptors (Lipinski definition) is 6. The molecule has 1 saturated heterocycles. The van der Waals surface area contributed by atoms with Crippen molar-refractivity contribution < 1.29 is 4.74 Å². The molecule has 1 aliphatic heterocycles. The maximum atomic E-state index is 6.19. The molecule has 3 N–H and O–H groups in total. The van der Waals surface area contributed by atoms with E-state index < -0.39 is 0 Å². The molecular weight excluding hydrogens is 242 g/mol. The van der Waals surface area contributed by atoms with Crippen LogP contribution in [0.4, 0.5) is 17.3 Å². The standard InChI is InChI=1S/C13H23N5O/c1-10-5-3-4-7-18(10)13-11(14)12(16-9-17-13)15-6-8-19-2/h9-10H,3-8,14H2,1-2H3,(H,15,16,17). The number of aromatic nitrogens is 2. The van der Waals surface area contributed by atoms with Gasteiger partial charge in [0.15, 0.2) is 11.6 Å². The van der Waals surface area contributed by atoms with Crippen molar-refractivity contribution in [3.8, 4) is 0 Å². The molecule has 2 heterocycles. The molecule has 0 spiro atoms. The molecule has 0 radical (unpaired) electrons. The number of piperidine rings is 1. The molecule has 106 valence electrons. The normalized spacial score (nSPS) is 19.5. The molecule has 6 nitrogen and oxygen atoms in total. The third kappa shape index (κ3) is 3.26. The summed E-state index contributed by atoms with van der Waals surface area (Å²) in [5, 5.41) is 3.18. The Labute approximate surface area is 114 Å². The van der Waals surface area contributed by atoms with Crippen molar-refractivity contribution in [3.05, 3.63) is 6.33 Å². The Kier molecular flexibility index (Phi) is 4.79. The minimum absolute atomic E-state index is 0.484. The number of nitrogens with one attached hydrogen (secondary N) is 1. The lowest BCUT2D eigenvalue weighted by atomic mass is 10.0. The van der Waals surface area contributed by atoms with Gasteiger partial charge in [-0.1, -0.05) is 0 Å². The van der Waals surface area contributed by atoms with Gasteiger partial charge in [-0.2, -0.15) is 0 Å². The van der Waals surface area contributed by atoms with E-state index in [-0.39, 0.29) is 0 Å². The van der Waals surface area contributed by atoms with Gasteiger partial charge in [-0.25, -0.2) is 9.97 Å². The number of anilines is 3. The molecule has 1 aromatic rings. The van der Waals surface area contributed by atoms with Crippen molar-refractivity contribution >= 4 is 17.3 Å². The highest BCUT2D eigenvalue weighted by Crippen LogP contribution is 2.30. The third-order valence-electron chi connectivity index (χ3n) is 3.54. The molecule has 1 fully saturated rings. The van der Waals surface area contributed by atoms with Gasteiger partial charge in [0.25, 0.3) is 0 Å². The Morgan fingerprint density at radius 1 is 1.47 bits per heavy atom. The molecular formula is C13H23N5O. The summed E-state index contributed by atoms with van der Waals surface area (Å²) >= 11 is 0. The van der Waals surface area contributed by atoms with Gasteiger partial charge in [0.2, 0.25) is 0 Å². The van der Waals surface area contributed by atoms with Crippen LogP contribution in [0.25, 0.3) is 0 Å².